The lowest BCUT2D eigenvalue weighted by atomic mass is 9.64. The number of nitrogens with zero attached hydrogens (tertiary/aromatic N) is 2. The maximum absolute atomic E-state index is 11.8. The van der Waals surface area contributed by atoms with Gasteiger partial charge in [-0.15, -0.1) is 0 Å². The summed E-state index contributed by atoms with van der Waals surface area (Å²) >= 11 is 0. The third-order valence-corrected chi connectivity index (χ3v) is 5.37. The first-order chi connectivity index (χ1) is 14.4. The minimum Gasteiger partial charge on any atom is -0.462 e. The minimum absolute atomic E-state index is 0.0125. The molecule has 0 bridgehead atoms. The van der Waals surface area contributed by atoms with Crippen molar-refractivity contribution in [3.05, 3.63) is 24.3 Å². The van der Waals surface area contributed by atoms with E-state index in [1.54, 1.807) is 19.9 Å². The van der Waals surface area contributed by atoms with Crippen molar-refractivity contribution in [1.29, 1.82) is 0 Å². The summed E-state index contributed by atoms with van der Waals surface area (Å²) in [6, 6.07) is 0. The quantitative estimate of drug-likeness (QED) is 0.167. The predicted octanol–water partition coefficient (Wildman–Crippen LogP) is 3.86. The zero-order valence-corrected chi connectivity index (χ0v) is 19.3. The first-order valence-electron chi connectivity index (χ1n) is 10.2. The summed E-state index contributed by atoms with van der Waals surface area (Å²) < 4.78 is 10.5. The van der Waals surface area contributed by atoms with E-state index in [4.69, 9.17) is 9.47 Å². The van der Waals surface area contributed by atoms with Crippen molar-refractivity contribution >= 4 is 24.1 Å². The summed E-state index contributed by atoms with van der Waals surface area (Å²) in [5, 5.41) is 0. The first kappa shape index (κ1) is 28.2. The number of esters is 2. The van der Waals surface area contributed by atoms with Crippen LogP contribution >= 0.6 is 0 Å². The molecule has 0 aromatic rings. The summed E-state index contributed by atoms with van der Waals surface area (Å²) in [5.41, 5.74) is -1.02. The number of hydrogen-bond donors (Lipinski definition) is 0. The van der Waals surface area contributed by atoms with Gasteiger partial charge in [-0.25, -0.2) is 24.2 Å². The molecule has 0 heterocycles. The van der Waals surface area contributed by atoms with Gasteiger partial charge >= 0.3 is 11.9 Å². The molecule has 0 aliphatic rings. The molecule has 0 N–H and O–H groups in total. The van der Waals surface area contributed by atoms with Crippen LogP contribution in [0.15, 0.2) is 34.3 Å². The van der Waals surface area contributed by atoms with Gasteiger partial charge in [0.25, 0.3) is 0 Å². The molecule has 8 heteroatoms. The van der Waals surface area contributed by atoms with Crippen LogP contribution in [0.3, 0.4) is 0 Å². The van der Waals surface area contributed by atoms with E-state index in [9.17, 15) is 19.2 Å². The van der Waals surface area contributed by atoms with Crippen LogP contribution in [-0.2, 0) is 28.7 Å². The van der Waals surface area contributed by atoms with Crippen molar-refractivity contribution in [2.75, 3.05) is 19.8 Å². The van der Waals surface area contributed by atoms with Crippen LogP contribution in [0.5, 0.6) is 0 Å². The van der Waals surface area contributed by atoms with Gasteiger partial charge in [-0.3, -0.25) is 0 Å². The lowest BCUT2D eigenvalue weighted by molar-refractivity contribution is -0.140. The molecular formula is C23H34N2O6. The second-order valence-electron chi connectivity index (χ2n) is 8.52. The minimum atomic E-state index is -0.998. The Bertz CT molecular complexity index is 726. The highest BCUT2D eigenvalue weighted by Gasteiger charge is 2.46. The maximum atomic E-state index is 11.8. The van der Waals surface area contributed by atoms with Crippen LogP contribution < -0.4 is 0 Å². The van der Waals surface area contributed by atoms with Crippen molar-refractivity contribution in [1.82, 2.24) is 0 Å². The number of hydrogen-bond acceptors (Lipinski definition) is 8. The van der Waals surface area contributed by atoms with E-state index >= 15 is 0 Å². The number of ether oxygens (including phenoxy) is 2. The van der Waals surface area contributed by atoms with Gasteiger partial charge in [0, 0.05) is 24.0 Å². The largest absolute Gasteiger partial charge is 0.462 e. The molecular weight excluding hydrogens is 400 g/mol. The number of aliphatic imine (C=N–C) groups is 2. The van der Waals surface area contributed by atoms with Crippen molar-refractivity contribution < 1.29 is 28.7 Å². The Morgan fingerprint density at radius 2 is 1.45 bits per heavy atom. The molecule has 1 unspecified atom stereocenters. The molecule has 0 aliphatic carbocycles. The topological polar surface area (TPSA) is 111 Å². The van der Waals surface area contributed by atoms with Crippen molar-refractivity contribution in [3.8, 4) is 0 Å². The van der Waals surface area contributed by atoms with Gasteiger partial charge in [-0.05, 0) is 38.0 Å². The zero-order valence-electron chi connectivity index (χ0n) is 19.3. The molecule has 1 atom stereocenters. The Morgan fingerprint density at radius 1 is 0.968 bits per heavy atom. The highest BCUT2D eigenvalue weighted by atomic mass is 16.5. The van der Waals surface area contributed by atoms with Crippen LogP contribution in [0.25, 0.3) is 0 Å². The Kier molecular flexibility index (Phi) is 12.3. The monoisotopic (exact) mass is 434 g/mol. The fourth-order valence-electron chi connectivity index (χ4n) is 3.52. The lowest BCUT2D eigenvalue weighted by Gasteiger charge is -2.44. The molecule has 172 valence electrons. The van der Waals surface area contributed by atoms with E-state index in [-0.39, 0.29) is 43.1 Å². The van der Waals surface area contributed by atoms with Gasteiger partial charge in [-0.1, -0.05) is 33.9 Å². The van der Waals surface area contributed by atoms with Crippen LogP contribution in [0.2, 0.25) is 0 Å². The molecule has 0 saturated carbocycles. The third kappa shape index (κ3) is 9.69. The Morgan fingerprint density at radius 3 is 1.84 bits per heavy atom. The Hall–Kier alpha value is -2.82. The summed E-state index contributed by atoms with van der Waals surface area (Å²) in [4.78, 5) is 53.0. The van der Waals surface area contributed by atoms with Crippen LogP contribution in [-0.4, -0.2) is 49.4 Å². The van der Waals surface area contributed by atoms with Gasteiger partial charge in [0.15, 0.2) is 0 Å². The van der Waals surface area contributed by atoms with Gasteiger partial charge in [0.1, 0.15) is 0 Å². The fraction of sp³-hybridized carbons (Fsp3) is 0.652. The molecule has 0 aliphatic heterocycles. The smallest absolute Gasteiger partial charge is 0.333 e. The zero-order chi connectivity index (χ0) is 24.1. The van der Waals surface area contributed by atoms with E-state index in [1.807, 2.05) is 20.8 Å². The average Bonchev–Trinajstić information content (AvgIpc) is 2.67. The van der Waals surface area contributed by atoms with Crippen LogP contribution in [0.1, 0.15) is 60.3 Å². The molecule has 0 aromatic carbocycles. The van der Waals surface area contributed by atoms with Gasteiger partial charge in [-0.2, -0.15) is 4.99 Å². The first-order valence-corrected chi connectivity index (χ1v) is 10.2. The van der Waals surface area contributed by atoms with E-state index in [2.05, 4.69) is 23.1 Å². The Balaban J connectivity index is 5.67. The lowest BCUT2D eigenvalue weighted by Crippen LogP contribution is -2.46. The number of isocyanates is 2. The third-order valence-electron chi connectivity index (χ3n) is 5.37. The highest BCUT2D eigenvalue weighted by Crippen LogP contribution is 2.45. The molecule has 0 spiro atoms. The van der Waals surface area contributed by atoms with Gasteiger partial charge in [0.2, 0.25) is 12.2 Å². The van der Waals surface area contributed by atoms with Crippen LogP contribution in [0, 0.1) is 11.3 Å². The summed E-state index contributed by atoms with van der Waals surface area (Å²) in [6.45, 7) is 16.5. The molecule has 31 heavy (non-hydrogen) atoms. The molecule has 0 fully saturated rings. The van der Waals surface area contributed by atoms with E-state index in [0.717, 1.165) is 0 Å². The standard InChI is InChI=1S/C23H34N2O6/c1-17(2)20(28)30-12-9-23(25-16-27,10-13-31-21(29)18(3)4)22(6,7)14-19(5)8-11-24-15-26/h19H,1,3,8-14H2,2,4-7H3. The molecule has 0 amide bonds. The van der Waals surface area contributed by atoms with Crippen LogP contribution in [0.4, 0.5) is 0 Å². The molecule has 0 aromatic heterocycles. The second kappa shape index (κ2) is 13.5. The average molecular weight is 435 g/mol. The van der Waals surface area contributed by atoms with Crippen molar-refractivity contribution in [2.24, 2.45) is 21.3 Å². The molecule has 0 rings (SSSR count). The Labute approximate surface area is 184 Å². The van der Waals surface area contributed by atoms with Crippen molar-refractivity contribution in [2.45, 2.75) is 65.8 Å². The molecule has 0 saturated heterocycles. The fourth-order valence-corrected chi connectivity index (χ4v) is 3.52. The maximum Gasteiger partial charge on any atom is 0.333 e. The summed E-state index contributed by atoms with van der Waals surface area (Å²) in [6.07, 6.45) is 4.94. The van der Waals surface area contributed by atoms with E-state index in [0.29, 0.717) is 19.4 Å². The molecule has 8 nitrogen and oxygen atoms in total. The van der Waals surface area contributed by atoms with Gasteiger partial charge in [0.05, 0.1) is 25.3 Å². The normalized spacial score (nSPS) is 12.0. The van der Waals surface area contributed by atoms with E-state index in [1.165, 1.54) is 6.08 Å². The van der Waals surface area contributed by atoms with E-state index < -0.39 is 22.9 Å². The predicted molar refractivity (Wildman–Crippen MR) is 117 cm³/mol. The molecule has 0 radical (unpaired) electrons. The number of carbonyl (C=O) groups is 2. The second-order valence-corrected chi connectivity index (χ2v) is 8.52. The summed E-state index contributed by atoms with van der Waals surface area (Å²) in [7, 11) is 0. The SMILES string of the molecule is C=C(C)C(=O)OCCC(CCOC(=O)C(=C)C)(N=C=O)C(C)(C)CC(C)CCN=C=O. The van der Waals surface area contributed by atoms with Crippen molar-refractivity contribution in [3.63, 3.8) is 0 Å². The van der Waals surface area contributed by atoms with Gasteiger partial charge < -0.3 is 9.47 Å². The number of rotatable bonds is 15. The number of carbonyl (C=O) groups excluding carboxylic acids is 4. The summed E-state index contributed by atoms with van der Waals surface area (Å²) in [5.74, 6) is -0.907. The highest BCUT2D eigenvalue weighted by molar-refractivity contribution is 5.87.